The van der Waals surface area contributed by atoms with E-state index in [1.54, 1.807) is 12.1 Å². The van der Waals surface area contributed by atoms with Gasteiger partial charge in [-0.05, 0) is 18.2 Å². The third-order valence-corrected chi connectivity index (χ3v) is 1.29. The van der Waals surface area contributed by atoms with Crippen LogP contribution in [0.15, 0.2) is 36.5 Å². The number of carboxylic acid groups (broad SMARTS) is 1. The zero-order chi connectivity index (χ0) is 9.68. The zero-order valence-corrected chi connectivity index (χ0v) is 6.68. The number of hydrogen-bond donors (Lipinski definition) is 1. The molecule has 0 aliphatic heterocycles. The van der Waals surface area contributed by atoms with Crippen molar-refractivity contribution in [2.75, 3.05) is 0 Å². The molecule has 0 aromatic carbocycles. The Morgan fingerprint density at radius 2 is 2.08 bits per heavy atom. The molecule has 4 heteroatoms. The van der Waals surface area contributed by atoms with Gasteiger partial charge in [0.1, 0.15) is 5.69 Å². The van der Waals surface area contributed by atoms with Crippen LogP contribution < -0.4 is 0 Å². The zero-order valence-electron chi connectivity index (χ0n) is 6.68. The Morgan fingerprint density at radius 1 is 1.31 bits per heavy atom. The number of carbonyl (C=O) groups is 2. The molecule has 1 aromatic heterocycles. The minimum absolute atomic E-state index is 0.236. The summed E-state index contributed by atoms with van der Waals surface area (Å²) in [6.45, 7) is 0. The van der Waals surface area contributed by atoms with E-state index in [9.17, 15) is 9.59 Å². The van der Waals surface area contributed by atoms with E-state index in [-0.39, 0.29) is 5.69 Å². The molecule has 1 N–H and O–H groups in total. The van der Waals surface area contributed by atoms with Gasteiger partial charge in [0.2, 0.25) is 5.78 Å². The lowest BCUT2D eigenvalue weighted by molar-refractivity contribution is -0.131. The Bertz CT molecular complexity index is 343. The van der Waals surface area contributed by atoms with E-state index >= 15 is 0 Å². The second-order valence-corrected chi connectivity index (χ2v) is 2.25. The third-order valence-electron chi connectivity index (χ3n) is 1.29. The maximum Gasteiger partial charge on any atom is 0.328 e. The van der Waals surface area contributed by atoms with Gasteiger partial charge >= 0.3 is 5.97 Å². The van der Waals surface area contributed by atoms with Crippen molar-refractivity contribution in [3.63, 3.8) is 0 Å². The predicted octanol–water partition coefficient (Wildman–Crippen LogP) is 0.905. The molecule has 0 radical (unpaired) electrons. The number of carbonyl (C=O) groups excluding carboxylic acids is 1. The van der Waals surface area contributed by atoms with Crippen LogP contribution in [0.5, 0.6) is 0 Å². The normalized spacial score (nSPS) is 10.2. The van der Waals surface area contributed by atoms with Crippen LogP contribution in [0.4, 0.5) is 0 Å². The molecule has 4 nitrogen and oxygen atoms in total. The average molecular weight is 177 g/mol. The lowest BCUT2D eigenvalue weighted by Crippen LogP contribution is -1.98. The van der Waals surface area contributed by atoms with Crippen LogP contribution in [-0.4, -0.2) is 21.8 Å². The SMILES string of the molecule is O=C(O)/C=C/C(=O)c1ccccn1. The van der Waals surface area contributed by atoms with Crippen molar-refractivity contribution in [3.05, 3.63) is 42.2 Å². The van der Waals surface area contributed by atoms with E-state index in [4.69, 9.17) is 5.11 Å². The highest BCUT2D eigenvalue weighted by molar-refractivity contribution is 6.05. The van der Waals surface area contributed by atoms with E-state index in [1.807, 2.05) is 0 Å². The first-order chi connectivity index (χ1) is 6.20. The number of aromatic nitrogens is 1. The number of rotatable bonds is 3. The quantitative estimate of drug-likeness (QED) is 0.550. The van der Waals surface area contributed by atoms with Crippen LogP contribution in [0.2, 0.25) is 0 Å². The molecular weight excluding hydrogens is 170 g/mol. The number of aliphatic carboxylic acids is 1. The fourth-order valence-electron chi connectivity index (χ4n) is 0.741. The lowest BCUT2D eigenvalue weighted by atomic mass is 10.2. The van der Waals surface area contributed by atoms with Gasteiger partial charge in [0.15, 0.2) is 0 Å². The first-order valence-electron chi connectivity index (χ1n) is 3.56. The van der Waals surface area contributed by atoms with Gasteiger partial charge in [-0.1, -0.05) is 6.07 Å². The van der Waals surface area contributed by atoms with Crippen LogP contribution in [0.3, 0.4) is 0 Å². The van der Waals surface area contributed by atoms with Gasteiger partial charge in [0, 0.05) is 12.3 Å². The average Bonchev–Trinajstić information content (AvgIpc) is 2.15. The summed E-state index contributed by atoms with van der Waals surface area (Å²) in [5, 5.41) is 8.25. The van der Waals surface area contributed by atoms with Crippen LogP contribution in [0.25, 0.3) is 0 Å². The van der Waals surface area contributed by atoms with Crippen molar-refractivity contribution in [1.29, 1.82) is 0 Å². The summed E-state index contributed by atoms with van der Waals surface area (Å²) in [5.74, 6) is -1.56. The van der Waals surface area contributed by atoms with Gasteiger partial charge in [-0.3, -0.25) is 9.78 Å². The highest BCUT2D eigenvalue weighted by Gasteiger charge is 2.01. The molecule has 1 heterocycles. The minimum atomic E-state index is -1.15. The number of carboxylic acids is 1. The van der Waals surface area contributed by atoms with E-state index in [0.29, 0.717) is 0 Å². The van der Waals surface area contributed by atoms with Gasteiger partial charge < -0.3 is 5.11 Å². The van der Waals surface area contributed by atoms with E-state index in [0.717, 1.165) is 12.2 Å². The summed E-state index contributed by atoms with van der Waals surface area (Å²) in [6.07, 6.45) is 3.24. The van der Waals surface area contributed by atoms with Gasteiger partial charge in [0.05, 0.1) is 0 Å². The topological polar surface area (TPSA) is 67.3 Å². The molecule has 1 aromatic rings. The molecule has 0 aliphatic carbocycles. The Labute approximate surface area is 74.5 Å². The van der Waals surface area contributed by atoms with E-state index in [2.05, 4.69) is 4.98 Å². The fraction of sp³-hybridized carbons (Fsp3) is 0. The van der Waals surface area contributed by atoms with Crippen molar-refractivity contribution >= 4 is 11.8 Å². The van der Waals surface area contributed by atoms with E-state index in [1.165, 1.54) is 12.3 Å². The largest absolute Gasteiger partial charge is 0.478 e. The molecule has 0 fully saturated rings. The number of ketones is 1. The molecule has 66 valence electrons. The van der Waals surface area contributed by atoms with Gasteiger partial charge in [0.25, 0.3) is 0 Å². The minimum Gasteiger partial charge on any atom is -0.478 e. The Morgan fingerprint density at radius 3 is 2.62 bits per heavy atom. The number of allylic oxidation sites excluding steroid dienone is 1. The van der Waals surface area contributed by atoms with Crippen LogP contribution in [0, 0.1) is 0 Å². The molecule has 0 unspecified atom stereocenters. The van der Waals surface area contributed by atoms with Crippen LogP contribution in [0.1, 0.15) is 10.5 Å². The van der Waals surface area contributed by atoms with Gasteiger partial charge in [-0.15, -0.1) is 0 Å². The van der Waals surface area contributed by atoms with Crippen molar-refractivity contribution in [2.45, 2.75) is 0 Å². The fourth-order valence-corrected chi connectivity index (χ4v) is 0.741. The summed E-state index contributed by atoms with van der Waals surface area (Å²) in [4.78, 5) is 25.0. The summed E-state index contributed by atoms with van der Waals surface area (Å²) < 4.78 is 0. The summed E-state index contributed by atoms with van der Waals surface area (Å²) in [5.41, 5.74) is 0.236. The molecule has 0 spiro atoms. The Balaban J connectivity index is 2.76. The van der Waals surface area contributed by atoms with Gasteiger partial charge in [-0.25, -0.2) is 4.79 Å². The van der Waals surface area contributed by atoms with Crippen LogP contribution >= 0.6 is 0 Å². The molecule has 0 amide bonds. The monoisotopic (exact) mass is 177 g/mol. The van der Waals surface area contributed by atoms with Crippen molar-refractivity contribution in [3.8, 4) is 0 Å². The highest BCUT2D eigenvalue weighted by Crippen LogP contribution is 1.95. The van der Waals surface area contributed by atoms with Crippen molar-refractivity contribution < 1.29 is 14.7 Å². The molecule has 0 saturated carbocycles. The maximum absolute atomic E-state index is 11.1. The Kier molecular flexibility index (Phi) is 2.92. The number of pyridine rings is 1. The highest BCUT2D eigenvalue weighted by atomic mass is 16.4. The summed E-state index contributed by atoms with van der Waals surface area (Å²) in [6, 6.07) is 4.86. The molecule has 0 saturated heterocycles. The summed E-state index contributed by atoms with van der Waals surface area (Å²) >= 11 is 0. The number of nitrogens with zero attached hydrogens (tertiary/aromatic N) is 1. The molecule has 0 aliphatic rings. The molecule has 0 bridgehead atoms. The van der Waals surface area contributed by atoms with Crippen LogP contribution in [-0.2, 0) is 4.79 Å². The van der Waals surface area contributed by atoms with Crippen molar-refractivity contribution in [1.82, 2.24) is 4.98 Å². The number of hydrogen-bond acceptors (Lipinski definition) is 3. The standard InChI is InChI=1S/C9H7NO3/c11-8(4-5-9(12)13)7-3-1-2-6-10-7/h1-6H,(H,12,13)/b5-4+. The lowest BCUT2D eigenvalue weighted by Gasteiger charge is -1.91. The first-order valence-corrected chi connectivity index (χ1v) is 3.56. The van der Waals surface area contributed by atoms with Gasteiger partial charge in [-0.2, -0.15) is 0 Å². The molecule has 13 heavy (non-hydrogen) atoms. The Hall–Kier alpha value is -1.97. The second kappa shape index (κ2) is 4.15. The smallest absolute Gasteiger partial charge is 0.328 e. The van der Waals surface area contributed by atoms with E-state index < -0.39 is 11.8 Å². The first kappa shape index (κ1) is 9.12. The molecule has 0 atom stereocenters. The summed E-state index contributed by atoms with van der Waals surface area (Å²) in [7, 11) is 0. The second-order valence-electron chi connectivity index (χ2n) is 2.25. The molecule has 1 rings (SSSR count). The third kappa shape index (κ3) is 2.86. The van der Waals surface area contributed by atoms with Crippen molar-refractivity contribution in [2.24, 2.45) is 0 Å². The maximum atomic E-state index is 11.1. The molecular formula is C9H7NO3. The predicted molar refractivity (Wildman–Crippen MR) is 45.3 cm³/mol.